The van der Waals surface area contributed by atoms with E-state index in [-0.39, 0.29) is 5.97 Å². The Hall–Kier alpha value is -1.51. The molecule has 0 heterocycles. The molecule has 0 aliphatic carbocycles. The normalized spacial score (nSPS) is 10.9. The standard InChI is InChI=1S/C27H47NO2/c1-3-4-5-6-7-8-9-10-11-12-13-14-15-16-20-23-27(29)30-25-24-28(2)26-21-18-17-19-22-26/h17-19,21-22H,3-16,20,23-25H2,1-2H3. The third-order valence-corrected chi connectivity index (χ3v) is 5.87. The van der Waals surface area contributed by atoms with Crippen molar-refractivity contribution in [3.8, 4) is 0 Å². The predicted molar refractivity (Wildman–Crippen MR) is 130 cm³/mol. The molecule has 30 heavy (non-hydrogen) atoms. The molecule has 0 N–H and O–H groups in total. The minimum Gasteiger partial charge on any atom is -0.464 e. The van der Waals surface area contributed by atoms with Gasteiger partial charge in [0.1, 0.15) is 6.61 Å². The lowest BCUT2D eigenvalue weighted by molar-refractivity contribution is -0.143. The minimum atomic E-state index is -0.0499. The van der Waals surface area contributed by atoms with Crippen molar-refractivity contribution >= 4 is 11.7 Å². The summed E-state index contributed by atoms with van der Waals surface area (Å²) in [5.41, 5.74) is 1.15. The number of hydrogen-bond donors (Lipinski definition) is 0. The van der Waals surface area contributed by atoms with Crippen LogP contribution in [0.15, 0.2) is 30.3 Å². The molecule has 3 heteroatoms. The SMILES string of the molecule is CCCCCCCCCCCCCCCCCC(=O)OCCN(C)c1ccccc1. The van der Waals surface area contributed by atoms with E-state index in [2.05, 4.69) is 24.0 Å². The highest BCUT2D eigenvalue weighted by Gasteiger charge is 2.05. The molecule has 1 rings (SSSR count). The number of carbonyl (C=O) groups is 1. The Balaban J connectivity index is 1.80. The second-order valence-corrected chi connectivity index (χ2v) is 8.68. The highest BCUT2D eigenvalue weighted by atomic mass is 16.5. The Morgan fingerprint density at radius 2 is 1.20 bits per heavy atom. The predicted octanol–water partition coefficient (Wildman–Crippen LogP) is 7.93. The first-order valence-corrected chi connectivity index (χ1v) is 12.7. The van der Waals surface area contributed by atoms with Crippen LogP contribution in [0.5, 0.6) is 0 Å². The second kappa shape index (κ2) is 19.5. The van der Waals surface area contributed by atoms with E-state index in [0.717, 1.165) is 25.1 Å². The van der Waals surface area contributed by atoms with Gasteiger partial charge in [-0.1, -0.05) is 115 Å². The molecule has 3 nitrogen and oxygen atoms in total. The van der Waals surface area contributed by atoms with Gasteiger partial charge in [0.05, 0.1) is 6.54 Å². The maximum absolute atomic E-state index is 11.9. The van der Waals surface area contributed by atoms with Crippen molar-refractivity contribution in [3.05, 3.63) is 30.3 Å². The first-order valence-electron chi connectivity index (χ1n) is 12.7. The topological polar surface area (TPSA) is 29.5 Å². The highest BCUT2D eigenvalue weighted by Crippen LogP contribution is 2.14. The Morgan fingerprint density at radius 3 is 1.70 bits per heavy atom. The van der Waals surface area contributed by atoms with Gasteiger partial charge in [-0.2, -0.15) is 0 Å². The van der Waals surface area contributed by atoms with E-state index in [1.807, 2.05) is 25.2 Å². The first-order chi connectivity index (χ1) is 14.7. The Labute approximate surface area is 186 Å². The van der Waals surface area contributed by atoms with E-state index in [1.54, 1.807) is 0 Å². The number of rotatable bonds is 20. The molecule has 0 saturated carbocycles. The number of esters is 1. The summed E-state index contributed by atoms with van der Waals surface area (Å²) >= 11 is 0. The summed E-state index contributed by atoms with van der Waals surface area (Å²) in [6.45, 7) is 3.47. The monoisotopic (exact) mass is 417 g/mol. The van der Waals surface area contributed by atoms with Crippen molar-refractivity contribution in [2.24, 2.45) is 0 Å². The number of unbranched alkanes of at least 4 members (excludes halogenated alkanes) is 14. The van der Waals surface area contributed by atoms with Crippen molar-refractivity contribution in [3.63, 3.8) is 0 Å². The van der Waals surface area contributed by atoms with Gasteiger partial charge in [-0.25, -0.2) is 0 Å². The Kier molecular flexibility index (Phi) is 17.2. The van der Waals surface area contributed by atoms with Crippen molar-refractivity contribution in [2.75, 3.05) is 25.1 Å². The van der Waals surface area contributed by atoms with Crippen LogP contribution < -0.4 is 4.90 Å². The van der Waals surface area contributed by atoms with Crippen molar-refractivity contribution in [2.45, 2.75) is 110 Å². The van der Waals surface area contributed by atoms with Gasteiger partial charge < -0.3 is 9.64 Å². The average Bonchev–Trinajstić information content (AvgIpc) is 2.77. The number of hydrogen-bond acceptors (Lipinski definition) is 3. The van der Waals surface area contributed by atoms with Crippen LogP contribution in [0, 0.1) is 0 Å². The van der Waals surface area contributed by atoms with Crippen LogP contribution in [0.3, 0.4) is 0 Å². The van der Waals surface area contributed by atoms with Crippen LogP contribution in [0.2, 0.25) is 0 Å². The Morgan fingerprint density at radius 1 is 0.733 bits per heavy atom. The summed E-state index contributed by atoms with van der Waals surface area (Å²) in [7, 11) is 2.03. The zero-order chi connectivity index (χ0) is 21.7. The maximum atomic E-state index is 11.9. The molecule has 0 fully saturated rings. The van der Waals surface area contributed by atoms with Crippen LogP contribution >= 0.6 is 0 Å². The second-order valence-electron chi connectivity index (χ2n) is 8.68. The average molecular weight is 418 g/mol. The number of anilines is 1. The number of nitrogens with zero attached hydrogens (tertiary/aromatic N) is 1. The van der Waals surface area contributed by atoms with Crippen LogP contribution in [0.4, 0.5) is 5.69 Å². The van der Waals surface area contributed by atoms with E-state index in [4.69, 9.17) is 4.74 Å². The molecule has 0 saturated heterocycles. The summed E-state index contributed by atoms with van der Waals surface area (Å²) in [4.78, 5) is 14.0. The molecule has 172 valence electrons. The molecule has 0 aliphatic heterocycles. The molecule has 0 amide bonds. The zero-order valence-electron chi connectivity index (χ0n) is 19.9. The van der Waals surface area contributed by atoms with E-state index in [1.165, 1.54) is 83.5 Å². The van der Waals surface area contributed by atoms with E-state index in [9.17, 15) is 4.79 Å². The number of carbonyl (C=O) groups excluding carboxylic acids is 1. The molecule has 0 bridgehead atoms. The van der Waals surface area contributed by atoms with Gasteiger partial charge in [-0.15, -0.1) is 0 Å². The molecule has 0 unspecified atom stereocenters. The van der Waals surface area contributed by atoms with E-state index >= 15 is 0 Å². The van der Waals surface area contributed by atoms with Crippen LogP contribution in [-0.4, -0.2) is 26.2 Å². The van der Waals surface area contributed by atoms with Crippen molar-refractivity contribution < 1.29 is 9.53 Å². The lowest BCUT2D eigenvalue weighted by Crippen LogP contribution is -2.23. The first kappa shape index (κ1) is 26.5. The Bertz CT molecular complexity index is 503. The molecule has 0 aromatic heterocycles. The third-order valence-electron chi connectivity index (χ3n) is 5.87. The lowest BCUT2D eigenvalue weighted by Gasteiger charge is -2.18. The maximum Gasteiger partial charge on any atom is 0.305 e. The molecule has 0 aliphatic rings. The summed E-state index contributed by atoms with van der Waals surface area (Å²) in [5, 5.41) is 0. The van der Waals surface area contributed by atoms with Crippen LogP contribution in [0.25, 0.3) is 0 Å². The molecule has 0 radical (unpaired) electrons. The number of ether oxygens (including phenoxy) is 1. The molecular formula is C27H47NO2. The minimum absolute atomic E-state index is 0.0499. The fraction of sp³-hybridized carbons (Fsp3) is 0.741. The van der Waals surface area contributed by atoms with E-state index < -0.39 is 0 Å². The fourth-order valence-electron chi connectivity index (χ4n) is 3.82. The fourth-order valence-corrected chi connectivity index (χ4v) is 3.82. The number of benzene rings is 1. The van der Waals surface area contributed by atoms with Crippen molar-refractivity contribution in [1.29, 1.82) is 0 Å². The molecule has 0 atom stereocenters. The summed E-state index contributed by atoms with van der Waals surface area (Å²) < 4.78 is 5.37. The number of para-hydroxylation sites is 1. The lowest BCUT2D eigenvalue weighted by atomic mass is 10.0. The van der Waals surface area contributed by atoms with Gasteiger partial charge in [-0.3, -0.25) is 4.79 Å². The van der Waals surface area contributed by atoms with Gasteiger partial charge in [0.2, 0.25) is 0 Å². The summed E-state index contributed by atoms with van der Waals surface area (Å²) in [5.74, 6) is -0.0499. The summed E-state index contributed by atoms with van der Waals surface area (Å²) in [6, 6.07) is 10.2. The van der Waals surface area contributed by atoms with E-state index in [0.29, 0.717) is 13.0 Å². The van der Waals surface area contributed by atoms with Gasteiger partial charge >= 0.3 is 5.97 Å². The van der Waals surface area contributed by atoms with Gasteiger partial charge in [0, 0.05) is 19.2 Å². The number of likely N-dealkylation sites (N-methyl/N-ethyl adjacent to an activating group) is 1. The van der Waals surface area contributed by atoms with Crippen LogP contribution in [-0.2, 0) is 9.53 Å². The summed E-state index contributed by atoms with van der Waals surface area (Å²) in [6.07, 6.45) is 20.7. The smallest absolute Gasteiger partial charge is 0.305 e. The molecule has 1 aromatic carbocycles. The van der Waals surface area contributed by atoms with Gasteiger partial charge in [0.25, 0.3) is 0 Å². The largest absolute Gasteiger partial charge is 0.464 e. The third kappa shape index (κ3) is 15.3. The highest BCUT2D eigenvalue weighted by molar-refractivity contribution is 5.69. The zero-order valence-corrected chi connectivity index (χ0v) is 19.9. The van der Waals surface area contributed by atoms with Gasteiger partial charge in [-0.05, 0) is 18.6 Å². The van der Waals surface area contributed by atoms with Crippen LogP contribution in [0.1, 0.15) is 110 Å². The molecular weight excluding hydrogens is 370 g/mol. The molecule has 1 aromatic rings. The van der Waals surface area contributed by atoms with Crippen molar-refractivity contribution in [1.82, 2.24) is 0 Å². The molecule has 0 spiro atoms. The van der Waals surface area contributed by atoms with Gasteiger partial charge in [0.15, 0.2) is 0 Å². The quantitative estimate of drug-likeness (QED) is 0.159.